The van der Waals surface area contributed by atoms with Crippen molar-refractivity contribution in [3.05, 3.63) is 18.0 Å². The Balaban J connectivity index is 2.55. The Morgan fingerprint density at radius 1 is 1.64 bits per heavy atom. The van der Waals surface area contributed by atoms with Gasteiger partial charge in [-0.1, -0.05) is 0 Å². The van der Waals surface area contributed by atoms with E-state index >= 15 is 0 Å². The Morgan fingerprint density at radius 2 is 2.36 bits per heavy atom. The molecular formula is C10H19N3O. The third-order valence-corrected chi connectivity index (χ3v) is 2.39. The molecule has 0 aliphatic carbocycles. The predicted octanol–water partition coefficient (Wildman–Crippen LogP) is 1.33. The lowest BCUT2D eigenvalue weighted by atomic mass is 10.1. The molecule has 2 atom stereocenters. The van der Waals surface area contributed by atoms with Gasteiger partial charge in [0.2, 0.25) is 0 Å². The summed E-state index contributed by atoms with van der Waals surface area (Å²) < 4.78 is 7.05. The lowest BCUT2D eigenvalue weighted by Crippen LogP contribution is -2.17. The van der Waals surface area contributed by atoms with E-state index < -0.39 is 0 Å². The van der Waals surface area contributed by atoms with Gasteiger partial charge in [-0.15, -0.1) is 0 Å². The fraction of sp³-hybridized carbons (Fsp3) is 0.700. The van der Waals surface area contributed by atoms with E-state index in [-0.39, 0.29) is 12.1 Å². The summed E-state index contributed by atoms with van der Waals surface area (Å²) in [7, 11) is 1.70. The first-order valence-electron chi connectivity index (χ1n) is 4.98. The molecule has 4 heteroatoms. The fourth-order valence-corrected chi connectivity index (χ4v) is 1.33. The number of ether oxygens (including phenoxy) is 1. The molecule has 1 rings (SSSR count). The second kappa shape index (κ2) is 5.12. The van der Waals surface area contributed by atoms with Crippen molar-refractivity contribution in [1.82, 2.24) is 9.78 Å². The summed E-state index contributed by atoms with van der Waals surface area (Å²) in [6.07, 6.45) is 4.84. The number of aromatic nitrogens is 2. The number of hydrogen-bond donors (Lipinski definition) is 1. The van der Waals surface area contributed by atoms with Gasteiger partial charge in [-0.05, 0) is 20.3 Å². The zero-order chi connectivity index (χ0) is 10.6. The Hall–Kier alpha value is -0.870. The molecule has 2 unspecified atom stereocenters. The third kappa shape index (κ3) is 2.82. The topological polar surface area (TPSA) is 53.1 Å². The van der Waals surface area contributed by atoms with E-state index in [9.17, 15) is 0 Å². The summed E-state index contributed by atoms with van der Waals surface area (Å²) in [5, 5.41) is 4.18. The van der Waals surface area contributed by atoms with Gasteiger partial charge in [0, 0.05) is 31.5 Å². The van der Waals surface area contributed by atoms with E-state index in [0.29, 0.717) is 0 Å². The summed E-state index contributed by atoms with van der Waals surface area (Å²) in [4.78, 5) is 0. The molecule has 2 N–H and O–H groups in total. The van der Waals surface area contributed by atoms with Crippen LogP contribution in [0.3, 0.4) is 0 Å². The number of methoxy groups -OCH3 is 1. The zero-order valence-electron chi connectivity index (χ0n) is 9.10. The van der Waals surface area contributed by atoms with Crippen LogP contribution in [0.4, 0.5) is 0 Å². The maximum atomic E-state index is 6.01. The average molecular weight is 197 g/mol. The minimum Gasteiger partial charge on any atom is -0.382 e. The highest BCUT2D eigenvalue weighted by Crippen LogP contribution is 2.15. The minimum absolute atomic E-state index is 0.0187. The third-order valence-electron chi connectivity index (χ3n) is 2.39. The Bertz CT molecular complexity index is 272. The molecule has 14 heavy (non-hydrogen) atoms. The van der Waals surface area contributed by atoms with Gasteiger partial charge in [0.15, 0.2) is 0 Å². The normalized spacial score (nSPS) is 15.4. The van der Waals surface area contributed by atoms with E-state index in [4.69, 9.17) is 10.5 Å². The molecule has 0 radical (unpaired) electrons. The first-order valence-corrected chi connectivity index (χ1v) is 4.98. The number of hydrogen-bond acceptors (Lipinski definition) is 3. The SMILES string of the molecule is CCn1cc(C(N)CC(C)OC)cn1. The minimum atomic E-state index is 0.0187. The van der Waals surface area contributed by atoms with Gasteiger partial charge in [0.25, 0.3) is 0 Å². The molecule has 0 bridgehead atoms. The largest absolute Gasteiger partial charge is 0.382 e. The van der Waals surface area contributed by atoms with Gasteiger partial charge in [0.05, 0.1) is 12.3 Å². The highest BCUT2D eigenvalue weighted by molar-refractivity contribution is 5.09. The van der Waals surface area contributed by atoms with Gasteiger partial charge in [0.1, 0.15) is 0 Å². The maximum absolute atomic E-state index is 6.01. The molecule has 0 saturated carbocycles. The molecular weight excluding hydrogens is 178 g/mol. The molecule has 4 nitrogen and oxygen atoms in total. The Kier molecular flexibility index (Phi) is 4.10. The van der Waals surface area contributed by atoms with Crippen LogP contribution in [0.15, 0.2) is 12.4 Å². The van der Waals surface area contributed by atoms with E-state index in [1.807, 2.05) is 24.0 Å². The fourth-order valence-electron chi connectivity index (χ4n) is 1.33. The molecule has 1 aromatic heterocycles. The lowest BCUT2D eigenvalue weighted by Gasteiger charge is -2.14. The predicted molar refractivity (Wildman–Crippen MR) is 55.9 cm³/mol. The van der Waals surface area contributed by atoms with Crippen molar-refractivity contribution >= 4 is 0 Å². The molecule has 0 saturated heterocycles. The van der Waals surface area contributed by atoms with Crippen molar-refractivity contribution in [2.24, 2.45) is 5.73 Å². The number of aryl methyl sites for hydroxylation is 1. The van der Waals surface area contributed by atoms with Gasteiger partial charge < -0.3 is 10.5 Å². The van der Waals surface area contributed by atoms with Crippen molar-refractivity contribution in [1.29, 1.82) is 0 Å². The van der Waals surface area contributed by atoms with Gasteiger partial charge >= 0.3 is 0 Å². The maximum Gasteiger partial charge on any atom is 0.0561 e. The second-order valence-corrected chi connectivity index (χ2v) is 3.52. The van der Waals surface area contributed by atoms with Crippen LogP contribution in [0.2, 0.25) is 0 Å². The number of nitrogens with zero attached hydrogens (tertiary/aromatic N) is 2. The summed E-state index contributed by atoms with van der Waals surface area (Å²) in [6.45, 7) is 4.96. The van der Waals surface area contributed by atoms with Crippen LogP contribution in [-0.2, 0) is 11.3 Å². The van der Waals surface area contributed by atoms with Gasteiger partial charge in [-0.25, -0.2) is 0 Å². The van der Waals surface area contributed by atoms with Crippen LogP contribution in [-0.4, -0.2) is 23.0 Å². The van der Waals surface area contributed by atoms with Crippen LogP contribution < -0.4 is 5.73 Å². The van der Waals surface area contributed by atoms with Crippen molar-refractivity contribution in [2.45, 2.75) is 39.0 Å². The van der Waals surface area contributed by atoms with Crippen LogP contribution in [0.25, 0.3) is 0 Å². The molecule has 0 spiro atoms. The molecule has 0 aliphatic rings. The van der Waals surface area contributed by atoms with E-state index in [0.717, 1.165) is 18.5 Å². The van der Waals surface area contributed by atoms with Crippen molar-refractivity contribution in [3.63, 3.8) is 0 Å². The molecule has 0 amide bonds. The average Bonchev–Trinajstić information content (AvgIpc) is 2.65. The summed E-state index contributed by atoms with van der Waals surface area (Å²) in [6, 6.07) is 0.0187. The van der Waals surface area contributed by atoms with Crippen LogP contribution in [0, 0.1) is 0 Å². The Morgan fingerprint density at radius 3 is 2.86 bits per heavy atom. The molecule has 1 aromatic rings. The first kappa shape index (κ1) is 11.2. The van der Waals surface area contributed by atoms with Crippen molar-refractivity contribution in [3.8, 4) is 0 Å². The van der Waals surface area contributed by atoms with E-state index in [1.54, 1.807) is 7.11 Å². The lowest BCUT2D eigenvalue weighted by molar-refractivity contribution is 0.104. The summed E-state index contributed by atoms with van der Waals surface area (Å²) >= 11 is 0. The van der Waals surface area contributed by atoms with E-state index in [2.05, 4.69) is 12.0 Å². The van der Waals surface area contributed by atoms with E-state index in [1.165, 1.54) is 0 Å². The molecule has 0 aromatic carbocycles. The van der Waals surface area contributed by atoms with Crippen molar-refractivity contribution in [2.75, 3.05) is 7.11 Å². The molecule has 80 valence electrons. The Labute approximate surface area is 85.0 Å². The van der Waals surface area contributed by atoms with Crippen LogP contribution in [0.5, 0.6) is 0 Å². The zero-order valence-corrected chi connectivity index (χ0v) is 9.10. The van der Waals surface area contributed by atoms with Crippen LogP contribution >= 0.6 is 0 Å². The summed E-state index contributed by atoms with van der Waals surface area (Å²) in [5.41, 5.74) is 7.09. The highest BCUT2D eigenvalue weighted by Gasteiger charge is 2.12. The monoisotopic (exact) mass is 197 g/mol. The number of nitrogens with two attached hydrogens (primary N) is 1. The molecule has 0 fully saturated rings. The quantitative estimate of drug-likeness (QED) is 0.774. The smallest absolute Gasteiger partial charge is 0.0561 e. The standard InChI is InChI=1S/C10H19N3O/c1-4-13-7-9(6-12-13)10(11)5-8(2)14-3/h6-8,10H,4-5,11H2,1-3H3. The summed E-state index contributed by atoms with van der Waals surface area (Å²) in [5.74, 6) is 0. The molecule has 0 aliphatic heterocycles. The van der Waals surface area contributed by atoms with Crippen LogP contribution in [0.1, 0.15) is 31.9 Å². The first-order chi connectivity index (χ1) is 6.67. The highest BCUT2D eigenvalue weighted by atomic mass is 16.5. The van der Waals surface area contributed by atoms with Gasteiger partial charge in [-0.2, -0.15) is 5.10 Å². The number of rotatable bonds is 5. The van der Waals surface area contributed by atoms with Crippen molar-refractivity contribution < 1.29 is 4.74 Å². The van der Waals surface area contributed by atoms with Gasteiger partial charge in [-0.3, -0.25) is 4.68 Å². The molecule has 1 heterocycles. The second-order valence-electron chi connectivity index (χ2n) is 3.52.